The zero-order valence-electron chi connectivity index (χ0n) is 26.7. The molecule has 4 heterocycles. The largest absolute Gasteiger partial charge is 0.383 e. The third kappa shape index (κ3) is 7.44. The minimum atomic E-state index is -0.183. The van der Waals surface area contributed by atoms with Crippen LogP contribution in [0.25, 0.3) is 16.9 Å². The molecule has 2 atom stereocenters. The molecule has 1 amide bonds. The molecule has 0 aliphatic carbocycles. The molecule has 2 saturated heterocycles. The molecule has 240 valence electrons. The molecule has 2 aromatic heterocycles. The molecule has 9 nitrogen and oxygen atoms in total. The molecule has 2 aliphatic rings. The Kier molecular flexibility index (Phi) is 10.3. The summed E-state index contributed by atoms with van der Waals surface area (Å²) in [6.45, 7) is 6.67. The van der Waals surface area contributed by atoms with E-state index in [2.05, 4.69) is 39.5 Å². The SMILES string of the molecule is COCCN1C[C@@H](CC(=O)Cc2c(C)c(-c3ccc(C(=O)NC4CCOCC4)nc3)nn2-c2ccccc2)[C@H](c2ccccc2)C1. The van der Waals surface area contributed by atoms with Gasteiger partial charge in [-0.05, 0) is 61.1 Å². The number of methoxy groups -OCH3 is 1. The predicted molar refractivity (Wildman–Crippen MR) is 177 cm³/mol. The lowest BCUT2D eigenvalue weighted by Crippen LogP contribution is -2.39. The van der Waals surface area contributed by atoms with E-state index in [0.717, 1.165) is 60.7 Å². The van der Waals surface area contributed by atoms with Gasteiger partial charge in [0.05, 0.1) is 23.7 Å². The quantitative estimate of drug-likeness (QED) is 0.237. The monoisotopic (exact) mass is 621 g/mol. The number of aromatic nitrogens is 3. The van der Waals surface area contributed by atoms with E-state index in [0.29, 0.717) is 37.9 Å². The third-order valence-electron chi connectivity index (χ3n) is 9.28. The number of Topliss-reactive ketones (excluding diaryl/α,β-unsaturated/α-hetero) is 1. The lowest BCUT2D eigenvalue weighted by molar-refractivity contribution is -0.119. The molecule has 2 aromatic carbocycles. The highest BCUT2D eigenvalue weighted by Gasteiger charge is 2.35. The van der Waals surface area contributed by atoms with Gasteiger partial charge in [-0.1, -0.05) is 48.5 Å². The van der Waals surface area contributed by atoms with Crippen molar-refractivity contribution < 1.29 is 19.1 Å². The zero-order chi connectivity index (χ0) is 31.9. The van der Waals surface area contributed by atoms with Crippen LogP contribution in [0.2, 0.25) is 0 Å². The summed E-state index contributed by atoms with van der Waals surface area (Å²) in [5, 5.41) is 8.07. The number of nitrogens with one attached hydrogen (secondary N) is 1. The summed E-state index contributed by atoms with van der Waals surface area (Å²) in [7, 11) is 1.73. The smallest absolute Gasteiger partial charge is 0.270 e. The van der Waals surface area contributed by atoms with Crippen LogP contribution in [0.5, 0.6) is 0 Å². The summed E-state index contributed by atoms with van der Waals surface area (Å²) in [5.41, 5.74) is 5.92. The maximum absolute atomic E-state index is 13.9. The summed E-state index contributed by atoms with van der Waals surface area (Å²) in [5.74, 6) is 0.539. The van der Waals surface area contributed by atoms with Crippen molar-refractivity contribution in [2.45, 2.75) is 44.6 Å². The minimum absolute atomic E-state index is 0.104. The number of para-hydroxylation sites is 1. The number of ketones is 1. The van der Waals surface area contributed by atoms with Gasteiger partial charge in [-0.25, -0.2) is 4.68 Å². The van der Waals surface area contributed by atoms with Crippen molar-refractivity contribution in [3.8, 4) is 16.9 Å². The first-order valence-electron chi connectivity index (χ1n) is 16.3. The summed E-state index contributed by atoms with van der Waals surface area (Å²) >= 11 is 0. The van der Waals surface area contributed by atoms with Crippen LogP contribution in [0.1, 0.15) is 52.5 Å². The first-order valence-corrected chi connectivity index (χ1v) is 16.3. The van der Waals surface area contributed by atoms with Crippen LogP contribution in [-0.4, -0.2) is 84.0 Å². The van der Waals surface area contributed by atoms with Crippen LogP contribution in [0.3, 0.4) is 0 Å². The molecular formula is C37H43N5O4. The fourth-order valence-electron chi connectivity index (χ4n) is 6.76. The van der Waals surface area contributed by atoms with E-state index in [-0.39, 0.29) is 30.1 Å². The number of benzene rings is 2. The molecule has 1 N–H and O–H groups in total. The van der Waals surface area contributed by atoms with Gasteiger partial charge in [0.25, 0.3) is 5.91 Å². The molecule has 2 fully saturated rings. The van der Waals surface area contributed by atoms with Gasteiger partial charge in [0, 0.05) is 76.5 Å². The van der Waals surface area contributed by atoms with Crippen LogP contribution in [0.15, 0.2) is 79.0 Å². The number of amides is 1. The van der Waals surface area contributed by atoms with Crippen LogP contribution in [0, 0.1) is 12.8 Å². The molecule has 0 bridgehead atoms. The number of carbonyl (C=O) groups is 2. The van der Waals surface area contributed by atoms with Crippen LogP contribution in [-0.2, 0) is 20.7 Å². The molecule has 6 rings (SSSR count). The lowest BCUT2D eigenvalue weighted by atomic mass is 9.85. The van der Waals surface area contributed by atoms with Gasteiger partial charge < -0.3 is 19.7 Å². The number of hydrogen-bond acceptors (Lipinski definition) is 7. The second-order valence-corrected chi connectivity index (χ2v) is 12.4. The van der Waals surface area contributed by atoms with E-state index in [9.17, 15) is 9.59 Å². The molecule has 0 spiro atoms. The number of hydrogen-bond donors (Lipinski definition) is 1. The third-order valence-corrected chi connectivity index (χ3v) is 9.28. The van der Waals surface area contributed by atoms with E-state index in [4.69, 9.17) is 14.6 Å². The molecular weight excluding hydrogens is 578 g/mol. The highest BCUT2D eigenvalue weighted by molar-refractivity contribution is 5.92. The maximum atomic E-state index is 13.9. The van der Waals surface area contributed by atoms with Gasteiger partial charge in [-0.3, -0.25) is 14.6 Å². The first-order chi connectivity index (χ1) is 22.5. The zero-order valence-corrected chi connectivity index (χ0v) is 26.7. The highest BCUT2D eigenvalue weighted by atomic mass is 16.5. The number of pyridine rings is 1. The second kappa shape index (κ2) is 14.9. The fourth-order valence-corrected chi connectivity index (χ4v) is 6.76. The summed E-state index contributed by atoms with van der Waals surface area (Å²) in [4.78, 5) is 33.6. The maximum Gasteiger partial charge on any atom is 0.270 e. The van der Waals surface area contributed by atoms with Crippen molar-refractivity contribution >= 4 is 11.7 Å². The molecule has 9 heteroatoms. The average Bonchev–Trinajstić information content (AvgIpc) is 3.65. The van der Waals surface area contributed by atoms with Crippen molar-refractivity contribution in [2.24, 2.45) is 5.92 Å². The van der Waals surface area contributed by atoms with Gasteiger partial charge in [-0.15, -0.1) is 0 Å². The standard InChI is InChI=1S/C37H43N5O4/c1-26-35(22-32(43)21-29-24-41(17-20-45-2)25-33(29)27-9-5-3-6-10-27)42(31-11-7-4-8-12-31)40-36(26)28-13-14-34(38-23-28)37(44)39-30-15-18-46-19-16-30/h3-14,23,29-30,33H,15-22,24-25H2,1-2H3,(H,39,44)/t29-,33+/m1/s1. The Balaban J connectivity index is 1.22. The highest BCUT2D eigenvalue weighted by Crippen LogP contribution is 2.36. The summed E-state index contributed by atoms with van der Waals surface area (Å²) in [6.07, 6.45) is 4.09. The Morgan fingerprint density at radius 2 is 1.72 bits per heavy atom. The minimum Gasteiger partial charge on any atom is -0.383 e. The average molecular weight is 622 g/mol. The van der Waals surface area contributed by atoms with Crippen molar-refractivity contribution in [1.82, 2.24) is 25.0 Å². The van der Waals surface area contributed by atoms with Crippen molar-refractivity contribution in [3.05, 3.63) is 102 Å². The Morgan fingerprint density at radius 1 is 0.978 bits per heavy atom. The fraction of sp³-hybridized carbons (Fsp3) is 0.405. The lowest BCUT2D eigenvalue weighted by Gasteiger charge is -2.22. The van der Waals surface area contributed by atoms with E-state index < -0.39 is 0 Å². The Labute approximate surface area is 270 Å². The van der Waals surface area contributed by atoms with Gasteiger partial charge in [0.2, 0.25) is 0 Å². The molecule has 4 aromatic rings. The molecule has 0 unspecified atom stereocenters. The van der Waals surface area contributed by atoms with Gasteiger partial charge in [-0.2, -0.15) is 5.10 Å². The summed E-state index contributed by atoms with van der Waals surface area (Å²) < 4.78 is 12.6. The number of carbonyl (C=O) groups excluding carboxylic acids is 2. The van der Waals surface area contributed by atoms with Crippen molar-refractivity contribution in [3.63, 3.8) is 0 Å². The summed E-state index contributed by atoms with van der Waals surface area (Å²) in [6, 6.07) is 24.2. The van der Waals surface area contributed by atoms with Crippen LogP contribution in [0.4, 0.5) is 0 Å². The number of rotatable bonds is 12. The topological polar surface area (TPSA) is 98.6 Å². The Bertz CT molecular complexity index is 1600. The number of likely N-dealkylation sites (tertiary alicyclic amines) is 1. The Morgan fingerprint density at radius 3 is 2.41 bits per heavy atom. The van der Waals surface area contributed by atoms with E-state index in [1.807, 2.05) is 54.1 Å². The van der Waals surface area contributed by atoms with Gasteiger partial charge >= 0.3 is 0 Å². The molecule has 0 radical (unpaired) electrons. The predicted octanol–water partition coefficient (Wildman–Crippen LogP) is 5.02. The molecule has 46 heavy (non-hydrogen) atoms. The van der Waals surface area contributed by atoms with E-state index in [1.165, 1.54) is 5.56 Å². The van der Waals surface area contributed by atoms with Gasteiger partial charge in [0.15, 0.2) is 0 Å². The van der Waals surface area contributed by atoms with E-state index in [1.54, 1.807) is 19.4 Å². The molecule has 2 aliphatic heterocycles. The number of ether oxygens (including phenoxy) is 2. The van der Waals surface area contributed by atoms with E-state index >= 15 is 0 Å². The molecule has 0 saturated carbocycles. The normalized spacial score (nSPS) is 18.9. The van der Waals surface area contributed by atoms with Crippen LogP contribution < -0.4 is 5.32 Å². The first kappa shape index (κ1) is 31.8. The van der Waals surface area contributed by atoms with Crippen molar-refractivity contribution in [1.29, 1.82) is 0 Å². The Hall–Kier alpha value is -4.18. The van der Waals surface area contributed by atoms with Crippen LogP contribution >= 0.6 is 0 Å². The second-order valence-electron chi connectivity index (χ2n) is 12.4. The van der Waals surface area contributed by atoms with Crippen molar-refractivity contribution in [2.75, 3.05) is 46.6 Å². The van der Waals surface area contributed by atoms with Gasteiger partial charge in [0.1, 0.15) is 11.5 Å². The number of nitrogens with zero attached hydrogens (tertiary/aromatic N) is 4.